The molecule has 9 heteroatoms. The molecule has 1 unspecified atom stereocenters. The number of pyridine rings is 1. The monoisotopic (exact) mass is 441 g/mol. The molecular formula is C22H27N5O3S. The van der Waals surface area contributed by atoms with E-state index >= 15 is 0 Å². The maximum absolute atomic E-state index is 12.7. The number of rotatable bonds is 8. The van der Waals surface area contributed by atoms with E-state index < -0.39 is 10.0 Å². The van der Waals surface area contributed by atoms with Crippen molar-refractivity contribution in [2.24, 2.45) is 0 Å². The number of nitrogens with zero attached hydrogens (tertiary/aromatic N) is 3. The van der Waals surface area contributed by atoms with Crippen LogP contribution in [0.2, 0.25) is 0 Å². The Bertz CT molecular complexity index is 1170. The van der Waals surface area contributed by atoms with Crippen molar-refractivity contribution < 1.29 is 8.42 Å². The highest BCUT2D eigenvalue weighted by Crippen LogP contribution is 2.14. The van der Waals surface area contributed by atoms with Gasteiger partial charge in [-0.1, -0.05) is 37.3 Å². The molecule has 8 nitrogen and oxygen atoms in total. The van der Waals surface area contributed by atoms with E-state index in [1.807, 2.05) is 30.3 Å². The van der Waals surface area contributed by atoms with Gasteiger partial charge >= 0.3 is 0 Å². The molecule has 31 heavy (non-hydrogen) atoms. The van der Waals surface area contributed by atoms with Crippen LogP contribution in [-0.4, -0.2) is 53.8 Å². The molecule has 2 N–H and O–H groups in total. The average Bonchev–Trinajstić information content (AvgIpc) is 3.36. The Labute approximate surface area is 182 Å². The topological polar surface area (TPSA) is 100 Å². The van der Waals surface area contributed by atoms with Gasteiger partial charge in [0, 0.05) is 37.0 Å². The predicted molar refractivity (Wildman–Crippen MR) is 118 cm³/mol. The van der Waals surface area contributed by atoms with Gasteiger partial charge in [0.05, 0.1) is 12.2 Å². The first-order valence-corrected chi connectivity index (χ1v) is 11.9. The maximum Gasteiger partial charge on any atom is 0.270 e. The summed E-state index contributed by atoms with van der Waals surface area (Å²) in [5.74, 6) is 0. The van der Waals surface area contributed by atoms with Crippen LogP contribution >= 0.6 is 0 Å². The van der Waals surface area contributed by atoms with Crippen molar-refractivity contribution in [2.45, 2.75) is 37.2 Å². The molecular weight excluding hydrogens is 414 g/mol. The Hall–Kier alpha value is -2.75. The van der Waals surface area contributed by atoms with Crippen LogP contribution in [0.3, 0.4) is 0 Å². The van der Waals surface area contributed by atoms with Gasteiger partial charge in [0.15, 0.2) is 0 Å². The van der Waals surface area contributed by atoms with E-state index in [1.54, 1.807) is 12.3 Å². The van der Waals surface area contributed by atoms with Crippen LogP contribution in [0, 0.1) is 0 Å². The molecule has 0 bridgehead atoms. The van der Waals surface area contributed by atoms with Crippen LogP contribution < -0.4 is 10.3 Å². The molecule has 1 aromatic carbocycles. The van der Waals surface area contributed by atoms with Crippen molar-refractivity contribution in [1.29, 1.82) is 0 Å². The Morgan fingerprint density at radius 3 is 2.68 bits per heavy atom. The van der Waals surface area contributed by atoms with E-state index in [1.165, 1.54) is 16.9 Å². The minimum atomic E-state index is -3.62. The number of sulfonamides is 1. The fourth-order valence-corrected chi connectivity index (χ4v) is 5.04. The van der Waals surface area contributed by atoms with Gasteiger partial charge in [0.1, 0.15) is 4.90 Å². The highest BCUT2D eigenvalue weighted by Gasteiger charge is 2.26. The molecule has 2 aromatic heterocycles. The molecule has 0 aliphatic carbocycles. The van der Waals surface area contributed by atoms with Gasteiger partial charge in [0.25, 0.3) is 5.56 Å². The summed E-state index contributed by atoms with van der Waals surface area (Å²) in [5, 5.41) is 2.97. The van der Waals surface area contributed by atoms with E-state index in [0.717, 1.165) is 31.6 Å². The third-order valence-electron chi connectivity index (χ3n) is 5.62. The maximum atomic E-state index is 12.7. The fourth-order valence-electron chi connectivity index (χ4n) is 3.84. The minimum absolute atomic E-state index is 0.0786. The van der Waals surface area contributed by atoms with Gasteiger partial charge in [0.2, 0.25) is 10.0 Å². The molecule has 0 saturated carbocycles. The van der Waals surface area contributed by atoms with Crippen LogP contribution in [-0.2, 0) is 23.0 Å². The SMILES string of the molecule is CCN1CCC(NS(=O)(=O)c2ccc(Cn3[nH]cc(Cc4ccccc4)c3=O)nc2)C1. The molecule has 0 radical (unpaired) electrons. The Kier molecular flexibility index (Phi) is 6.35. The highest BCUT2D eigenvalue weighted by atomic mass is 32.2. The van der Waals surface area contributed by atoms with Crippen LogP contribution in [0.25, 0.3) is 0 Å². The summed E-state index contributed by atoms with van der Waals surface area (Å²) < 4.78 is 29.6. The third-order valence-corrected chi connectivity index (χ3v) is 7.13. The number of hydrogen-bond donors (Lipinski definition) is 2. The second kappa shape index (κ2) is 9.17. The van der Waals surface area contributed by atoms with E-state index in [0.29, 0.717) is 17.7 Å². The van der Waals surface area contributed by atoms with Gasteiger partial charge < -0.3 is 10.00 Å². The van der Waals surface area contributed by atoms with Gasteiger partial charge in [-0.2, -0.15) is 0 Å². The lowest BCUT2D eigenvalue weighted by Crippen LogP contribution is -2.37. The van der Waals surface area contributed by atoms with Crippen molar-refractivity contribution in [3.8, 4) is 0 Å². The van der Waals surface area contributed by atoms with Gasteiger partial charge in [-0.3, -0.25) is 9.78 Å². The second-order valence-corrected chi connectivity index (χ2v) is 9.55. The number of nitrogens with one attached hydrogen (secondary N) is 2. The summed E-state index contributed by atoms with van der Waals surface area (Å²) in [7, 11) is -3.62. The molecule has 4 rings (SSSR count). The number of benzene rings is 1. The summed E-state index contributed by atoms with van der Waals surface area (Å²) in [6.45, 7) is 4.86. The zero-order valence-corrected chi connectivity index (χ0v) is 18.3. The molecule has 164 valence electrons. The van der Waals surface area contributed by atoms with E-state index in [4.69, 9.17) is 0 Å². The highest BCUT2D eigenvalue weighted by molar-refractivity contribution is 7.89. The van der Waals surface area contributed by atoms with Gasteiger partial charge in [-0.25, -0.2) is 17.8 Å². The molecule has 1 aliphatic rings. The average molecular weight is 442 g/mol. The normalized spacial score (nSPS) is 17.3. The first-order valence-electron chi connectivity index (χ1n) is 10.4. The second-order valence-electron chi connectivity index (χ2n) is 7.84. The van der Waals surface area contributed by atoms with Crippen LogP contribution in [0.15, 0.2) is 64.5 Å². The number of likely N-dealkylation sites (N-methyl/N-ethyl adjacent to an activating group) is 1. The smallest absolute Gasteiger partial charge is 0.270 e. The van der Waals surface area contributed by atoms with Crippen molar-refractivity contribution in [3.05, 3.63) is 82.0 Å². The lowest BCUT2D eigenvalue weighted by Gasteiger charge is -2.15. The quantitative estimate of drug-likeness (QED) is 0.553. The van der Waals surface area contributed by atoms with Crippen LogP contribution in [0.1, 0.15) is 30.2 Å². The number of aromatic nitrogens is 3. The molecule has 1 saturated heterocycles. The lowest BCUT2D eigenvalue weighted by molar-refractivity contribution is 0.351. The molecule has 0 amide bonds. The number of H-pyrrole nitrogens is 1. The first-order chi connectivity index (χ1) is 14.9. The number of aromatic amines is 1. The summed E-state index contributed by atoms with van der Waals surface area (Å²) in [6, 6.07) is 12.9. The van der Waals surface area contributed by atoms with Crippen LogP contribution in [0.5, 0.6) is 0 Å². The van der Waals surface area contributed by atoms with Crippen molar-refractivity contribution >= 4 is 10.0 Å². The summed E-state index contributed by atoms with van der Waals surface area (Å²) in [5.41, 5.74) is 2.24. The zero-order chi connectivity index (χ0) is 21.8. The molecule has 1 aliphatic heterocycles. The van der Waals surface area contributed by atoms with E-state index in [2.05, 4.69) is 26.6 Å². The van der Waals surface area contributed by atoms with Crippen LogP contribution in [0.4, 0.5) is 0 Å². The van der Waals surface area contributed by atoms with E-state index in [9.17, 15) is 13.2 Å². The third kappa shape index (κ3) is 5.12. The fraction of sp³-hybridized carbons (Fsp3) is 0.364. The predicted octanol–water partition coefficient (Wildman–Crippen LogP) is 1.58. The summed E-state index contributed by atoms with van der Waals surface area (Å²) >= 11 is 0. The largest absolute Gasteiger partial charge is 0.302 e. The minimum Gasteiger partial charge on any atom is -0.302 e. The standard InChI is InChI=1S/C22H27N5O3S/c1-2-26-11-10-20(15-26)25-31(29,30)21-9-8-19(23-14-21)16-27-22(28)18(13-24-27)12-17-6-4-3-5-7-17/h3-9,13-14,20,24-25H,2,10-12,15-16H2,1H3. The van der Waals surface area contributed by atoms with Gasteiger partial charge in [-0.15, -0.1) is 0 Å². The van der Waals surface area contributed by atoms with E-state index in [-0.39, 0.29) is 23.0 Å². The Balaban J connectivity index is 1.41. The summed E-state index contributed by atoms with van der Waals surface area (Å²) in [4.78, 5) is 19.3. The molecule has 3 aromatic rings. The lowest BCUT2D eigenvalue weighted by atomic mass is 10.1. The van der Waals surface area contributed by atoms with Crippen molar-refractivity contribution in [3.63, 3.8) is 0 Å². The molecule has 1 atom stereocenters. The van der Waals surface area contributed by atoms with Gasteiger partial charge in [-0.05, 0) is 37.2 Å². The molecule has 3 heterocycles. The number of hydrogen-bond acceptors (Lipinski definition) is 5. The Morgan fingerprint density at radius 1 is 1.19 bits per heavy atom. The number of likely N-dealkylation sites (tertiary alicyclic amines) is 1. The van der Waals surface area contributed by atoms with Crippen molar-refractivity contribution in [1.82, 2.24) is 24.4 Å². The Morgan fingerprint density at radius 2 is 2.00 bits per heavy atom. The first kappa shape index (κ1) is 21.5. The molecule has 1 fully saturated rings. The molecule has 0 spiro atoms. The summed E-state index contributed by atoms with van der Waals surface area (Å²) in [6.07, 6.45) is 4.41. The zero-order valence-electron chi connectivity index (χ0n) is 17.5. The van der Waals surface area contributed by atoms with Crippen molar-refractivity contribution in [2.75, 3.05) is 19.6 Å².